The Labute approximate surface area is 233 Å². The van der Waals surface area contributed by atoms with Crippen molar-refractivity contribution in [1.82, 2.24) is 19.9 Å². The Kier molecular flexibility index (Phi) is 8.93. The summed E-state index contributed by atoms with van der Waals surface area (Å²) in [5.74, 6) is 0.995. The monoisotopic (exact) mass is 550 g/mol. The van der Waals surface area contributed by atoms with Crippen molar-refractivity contribution >= 4 is 14.4 Å². The van der Waals surface area contributed by atoms with Crippen molar-refractivity contribution < 1.29 is 18.9 Å². The zero-order chi connectivity index (χ0) is 28.2. The van der Waals surface area contributed by atoms with Crippen LogP contribution in [0.25, 0.3) is 11.5 Å². The van der Waals surface area contributed by atoms with E-state index in [2.05, 4.69) is 48.9 Å². The number of nitrogens with zero attached hydrogens (tertiary/aromatic N) is 4. The zero-order valence-electron chi connectivity index (χ0n) is 24.1. The molecule has 9 heteroatoms. The molecule has 2 atom stereocenters. The van der Waals surface area contributed by atoms with E-state index in [1.165, 1.54) is 0 Å². The molecule has 39 heavy (non-hydrogen) atoms. The Morgan fingerprint density at radius 1 is 1.21 bits per heavy atom. The first-order chi connectivity index (χ1) is 18.4. The number of aromatic nitrogens is 2. The van der Waals surface area contributed by atoms with Crippen molar-refractivity contribution in [3.63, 3.8) is 0 Å². The van der Waals surface area contributed by atoms with Gasteiger partial charge in [-0.2, -0.15) is 4.98 Å². The molecule has 1 aliphatic heterocycles. The lowest BCUT2D eigenvalue weighted by molar-refractivity contribution is 0.107. The molecule has 8 nitrogen and oxygen atoms in total. The lowest BCUT2D eigenvalue weighted by Gasteiger charge is -2.38. The van der Waals surface area contributed by atoms with Gasteiger partial charge in [-0.3, -0.25) is 9.80 Å². The third kappa shape index (κ3) is 7.35. The second-order valence-corrected chi connectivity index (χ2v) is 16.8. The van der Waals surface area contributed by atoms with E-state index in [4.69, 9.17) is 8.95 Å². The zero-order valence-corrected chi connectivity index (χ0v) is 25.1. The Bertz CT molecular complexity index is 1240. The summed E-state index contributed by atoms with van der Waals surface area (Å²) in [5, 5.41) is 14.5. The summed E-state index contributed by atoms with van der Waals surface area (Å²) in [6.45, 7) is 15.8. The highest BCUT2D eigenvalue weighted by atomic mass is 28.4. The van der Waals surface area contributed by atoms with Crippen LogP contribution in [0, 0.1) is 6.92 Å². The van der Waals surface area contributed by atoms with Gasteiger partial charge in [0.05, 0.1) is 12.1 Å². The first kappa shape index (κ1) is 29.0. The Balaban J connectivity index is 1.58. The maximum Gasteiger partial charge on any atom is 0.407 e. The summed E-state index contributed by atoms with van der Waals surface area (Å²) < 4.78 is 12.1. The summed E-state index contributed by atoms with van der Waals surface area (Å²) in [5.41, 5.74) is 2.81. The van der Waals surface area contributed by atoms with E-state index < -0.39 is 14.4 Å². The molecule has 1 amide bonds. The minimum atomic E-state index is -1.89. The third-order valence-corrected chi connectivity index (χ3v) is 12.6. The van der Waals surface area contributed by atoms with Crippen LogP contribution < -0.4 is 0 Å². The molecule has 2 heterocycles. The van der Waals surface area contributed by atoms with Crippen molar-refractivity contribution in [2.24, 2.45) is 0 Å². The van der Waals surface area contributed by atoms with E-state index in [9.17, 15) is 9.90 Å². The average Bonchev–Trinajstić information content (AvgIpc) is 3.51. The summed E-state index contributed by atoms with van der Waals surface area (Å²) in [6, 6.07) is 17.5. The molecule has 210 valence electrons. The van der Waals surface area contributed by atoms with Crippen LogP contribution in [0.4, 0.5) is 4.79 Å². The number of hydrogen-bond donors (Lipinski definition) is 1. The number of likely N-dealkylation sites (tertiary alicyclic amines) is 1. The molecule has 3 aromatic rings. The van der Waals surface area contributed by atoms with E-state index in [1.807, 2.05) is 54.6 Å². The van der Waals surface area contributed by atoms with E-state index in [0.717, 1.165) is 36.2 Å². The lowest BCUT2D eigenvalue weighted by Crippen LogP contribution is -2.45. The van der Waals surface area contributed by atoms with Gasteiger partial charge in [0.25, 0.3) is 5.89 Å². The normalized spacial score (nSPS) is 17.3. The minimum absolute atomic E-state index is 0.147. The van der Waals surface area contributed by atoms with Gasteiger partial charge in [-0.05, 0) is 61.2 Å². The fourth-order valence-electron chi connectivity index (χ4n) is 4.85. The van der Waals surface area contributed by atoms with Crippen LogP contribution in [-0.2, 0) is 10.8 Å². The molecular formula is C30H42N4O4Si. The third-order valence-electron chi connectivity index (χ3n) is 8.08. The molecule has 1 fully saturated rings. The fourth-order valence-corrected chi connectivity index (χ4v) is 6.23. The molecule has 0 aliphatic carbocycles. The van der Waals surface area contributed by atoms with Crippen LogP contribution in [0.3, 0.4) is 0 Å². The quantitative estimate of drug-likeness (QED) is 0.292. The molecule has 1 aliphatic rings. The van der Waals surface area contributed by atoms with Crippen LogP contribution in [0.5, 0.6) is 0 Å². The molecular weight excluding hydrogens is 508 g/mol. The van der Waals surface area contributed by atoms with Gasteiger partial charge in [-0.25, -0.2) is 4.79 Å². The molecule has 1 aromatic heterocycles. The molecule has 4 rings (SSSR count). The van der Waals surface area contributed by atoms with Gasteiger partial charge in [0.15, 0.2) is 14.1 Å². The summed E-state index contributed by atoms with van der Waals surface area (Å²) >= 11 is 0. The Morgan fingerprint density at radius 2 is 1.95 bits per heavy atom. The molecule has 0 saturated carbocycles. The first-order valence-electron chi connectivity index (χ1n) is 13.8. The van der Waals surface area contributed by atoms with Gasteiger partial charge in [-0.15, -0.1) is 0 Å². The number of aryl methyl sites for hydroxylation is 1. The van der Waals surface area contributed by atoms with Gasteiger partial charge in [0, 0.05) is 31.7 Å². The molecule has 1 saturated heterocycles. The minimum Gasteiger partial charge on any atom is -0.465 e. The maximum atomic E-state index is 12.7. The fraction of sp³-hybridized carbons (Fsp3) is 0.500. The first-order valence-corrected chi connectivity index (χ1v) is 16.7. The van der Waals surface area contributed by atoms with Crippen molar-refractivity contribution in [3.8, 4) is 11.5 Å². The number of amides is 1. The predicted molar refractivity (Wildman–Crippen MR) is 155 cm³/mol. The van der Waals surface area contributed by atoms with Gasteiger partial charge in [0.2, 0.25) is 0 Å². The summed E-state index contributed by atoms with van der Waals surface area (Å²) in [7, 11) is -1.89. The standard InChI is InChI=1S/C30H42N4O4Si/c1-22-31-28(37-32-22)25-14-10-13-24(19-25)27(34(29(35)36)18-15-23-11-8-7-9-12-23)21-33-17-16-26(20-33)38-39(5,6)30(2,3)4/h7-14,19,26-27H,15-18,20-21H2,1-6H3,(H,35,36)/t26-,27+/m0/s1. The van der Waals surface area contributed by atoms with Crippen LogP contribution in [0.2, 0.25) is 18.1 Å². The highest BCUT2D eigenvalue weighted by molar-refractivity contribution is 6.74. The Hall–Kier alpha value is -3.01. The van der Waals surface area contributed by atoms with E-state index in [1.54, 1.807) is 11.8 Å². The number of rotatable bonds is 10. The van der Waals surface area contributed by atoms with E-state index in [0.29, 0.717) is 31.2 Å². The van der Waals surface area contributed by atoms with Crippen molar-refractivity contribution in [2.45, 2.75) is 70.8 Å². The molecule has 0 radical (unpaired) electrons. The number of carbonyl (C=O) groups is 1. The topological polar surface area (TPSA) is 91.9 Å². The second-order valence-electron chi connectivity index (χ2n) is 12.0. The average molecular weight is 551 g/mol. The largest absolute Gasteiger partial charge is 0.465 e. The molecule has 2 aromatic carbocycles. The summed E-state index contributed by atoms with van der Waals surface area (Å²) in [6.07, 6.45) is 0.839. The van der Waals surface area contributed by atoms with Gasteiger partial charge >= 0.3 is 6.09 Å². The van der Waals surface area contributed by atoms with E-state index >= 15 is 0 Å². The number of hydrogen-bond acceptors (Lipinski definition) is 6. The second kappa shape index (κ2) is 12.0. The van der Waals surface area contributed by atoms with Crippen molar-refractivity contribution in [2.75, 3.05) is 26.2 Å². The van der Waals surface area contributed by atoms with Gasteiger partial charge in [-0.1, -0.05) is 68.4 Å². The Morgan fingerprint density at radius 3 is 2.59 bits per heavy atom. The van der Waals surface area contributed by atoms with Crippen LogP contribution >= 0.6 is 0 Å². The van der Waals surface area contributed by atoms with E-state index in [-0.39, 0.29) is 17.2 Å². The highest BCUT2D eigenvalue weighted by Crippen LogP contribution is 2.38. The maximum absolute atomic E-state index is 12.7. The molecule has 1 N–H and O–H groups in total. The van der Waals surface area contributed by atoms with Crippen LogP contribution in [0.1, 0.15) is 50.2 Å². The lowest BCUT2D eigenvalue weighted by atomic mass is 10.0. The van der Waals surface area contributed by atoms with Gasteiger partial charge < -0.3 is 14.1 Å². The highest BCUT2D eigenvalue weighted by Gasteiger charge is 2.41. The molecule has 0 bridgehead atoms. The van der Waals surface area contributed by atoms with Crippen LogP contribution in [0.15, 0.2) is 59.1 Å². The smallest absolute Gasteiger partial charge is 0.407 e. The van der Waals surface area contributed by atoms with Gasteiger partial charge in [0.1, 0.15) is 0 Å². The molecule has 0 unspecified atom stereocenters. The van der Waals surface area contributed by atoms with Crippen LogP contribution in [-0.4, -0.2) is 71.7 Å². The number of benzene rings is 2. The predicted octanol–water partition coefficient (Wildman–Crippen LogP) is 6.40. The van der Waals surface area contributed by atoms with Crippen molar-refractivity contribution in [3.05, 3.63) is 71.5 Å². The summed E-state index contributed by atoms with van der Waals surface area (Å²) in [4.78, 5) is 21.0. The molecule has 0 spiro atoms. The SMILES string of the molecule is Cc1noc(-c2cccc([C@@H](CN3CC[C@H](O[Si](C)(C)C(C)(C)C)C3)N(CCc3ccccc3)C(=O)O)c2)n1. The number of carboxylic acid groups (broad SMARTS) is 1. The van der Waals surface area contributed by atoms with Crippen molar-refractivity contribution in [1.29, 1.82) is 0 Å².